The molecule has 0 radical (unpaired) electrons. The quantitative estimate of drug-likeness (QED) is 0.123. The van der Waals surface area contributed by atoms with Crippen LogP contribution in [-0.4, -0.2) is 50.7 Å². The number of H-pyrrole nitrogens is 1. The number of amides is 2. The highest BCUT2D eigenvalue weighted by molar-refractivity contribution is 6.29. The van der Waals surface area contributed by atoms with Gasteiger partial charge in [-0.15, -0.1) is 10.2 Å². The Bertz CT molecular complexity index is 1560. The molecule has 1 aliphatic rings. The Morgan fingerprint density at radius 3 is 2.32 bits per heavy atom. The van der Waals surface area contributed by atoms with Crippen molar-refractivity contribution in [1.29, 1.82) is 0 Å². The summed E-state index contributed by atoms with van der Waals surface area (Å²) in [5.41, 5.74) is 1.48. The zero-order valence-electron chi connectivity index (χ0n) is 24.0. The minimum Gasteiger partial charge on any atom is -0.509 e. The van der Waals surface area contributed by atoms with Crippen LogP contribution in [0.3, 0.4) is 0 Å². The summed E-state index contributed by atoms with van der Waals surface area (Å²) in [6.45, 7) is 0.721. The summed E-state index contributed by atoms with van der Waals surface area (Å²) in [5, 5.41) is 27.0. The molecule has 0 spiro atoms. The molecule has 0 bridgehead atoms. The Morgan fingerprint density at radius 2 is 1.59 bits per heavy atom. The molecule has 11 nitrogen and oxygen atoms in total. The van der Waals surface area contributed by atoms with Gasteiger partial charge >= 0.3 is 0 Å². The van der Waals surface area contributed by atoms with Crippen LogP contribution in [0.5, 0.6) is 11.5 Å². The number of nitrogens with zero attached hydrogens (tertiary/aromatic N) is 4. The molecule has 1 aromatic heterocycles. The highest BCUT2D eigenvalue weighted by atomic mass is 19.1. The van der Waals surface area contributed by atoms with E-state index in [1.807, 2.05) is 0 Å². The summed E-state index contributed by atoms with van der Waals surface area (Å²) in [7, 11) is 0. The first-order chi connectivity index (χ1) is 21.5. The number of unbranched alkanes of at least 4 members (excludes halogenated alkanes) is 4. The molecular formula is C32H33FN6O5. The predicted octanol–water partition coefficient (Wildman–Crippen LogP) is 5.29. The molecule has 0 aliphatic carbocycles. The van der Waals surface area contributed by atoms with Crippen LogP contribution in [0.15, 0.2) is 84.1 Å². The number of aliphatic hydroxyl groups excluding tert-OH is 1. The van der Waals surface area contributed by atoms with E-state index in [0.717, 1.165) is 49.9 Å². The maximum atomic E-state index is 13.1. The van der Waals surface area contributed by atoms with Crippen LogP contribution in [0.1, 0.15) is 43.5 Å². The number of anilines is 2. The van der Waals surface area contributed by atoms with E-state index in [1.165, 1.54) is 17.0 Å². The number of carbonyl (C=O) groups is 2. The lowest BCUT2D eigenvalue weighted by Gasteiger charge is -2.17. The van der Waals surface area contributed by atoms with E-state index in [0.29, 0.717) is 29.5 Å². The molecular weight excluding hydrogens is 567 g/mol. The number of aliphatic hydroxyl groups is 1. The second-order valence-electron chi connectivity index (χ2n) is 10.3. The van der Waals surface area contributed by atoms with Gasteiger partial charge in [0, 0.05) is 17.8 Å². The van der Waals surface area contributed by atoms with E-state index in [2.05, 4.69) is 25.9 Å². The molecule has 4 aromatic rings. The van der Waals surface area contributed by atoms with Crippen LogP contribution >= 0.6 is 0 Å². The first-order valence-electron chi connectivity index (χ1n) is 14.4. The molecule has 3 aromatic carbocycles. The zero-order valence-corrected chi connectivity index (χ0v) is 24.0. The molecule has 12 heteroatoms. The number of tetrazole rings is 1. The van der Waals surface area contributed by atoms with Gasteiger partial charge in [0.2, 0.25) is 0 Å². The summed E-state index contributed by atoms with van der Waals surface area (Å²) in [4.78, 5) is 27.3. The van der Waals surface area contributed by atoms with Gasteiger partial charge in [-0.3, -0.25) is 9.59 Å². The zero-order chi connectivity index (χ0) is 30.7. The third kappa shape index (κ3) is 8.18. The molecule has 3 N–H and O–H groups in total. The third-order valence-corrected chi connectivity index (χ3v) is 7.06. The summed E-state index contributed by atoms with van der Waals surface area (Å²) in [6, 6.07) is 19.6. The third-order valence-electron chi connectivity index (χ3n) is 7.06. The number of halogens is 1. The van der Waals surface area contributed by atoms with Crippen LogP contribution in [0, 0.1) is 5.82 Å². The van der Waals surface area contributed by atoms with Gasteiger partial charge in [-0.1, -0.05) is 36.6 Å². The summed E-state index contributed by atoms with van der Waals surface area (Å²) >= 11 is 0. The number of aromatic nitrogens is 4. The lowest BCUT2D eigenvalue weighted by atomic mass is 10.1. The Morgan fingerprint density at radius 1 is 0.909 bits per heavy atom. The van der Waals surface area contributed by atoms with Crippen molar-refractivity contribution < 1.29 is 28.6 Å². The molecule has 2 heterocycles. The number of aromatic amines is 1. The maximum absolute atomic E-state index is 13.1. The number of hydrogen-bond acceptors (Lipinski definition) is 8. The summed E-state index contributed by atoms with van der Waals surface area (Å²) in [6.07, 6.45) is 6.03. The Hall–Kier alpha value is -5.26. The lowest BCUT2D eigenvalue weighted by molar-refractivity contribution is -0.119. The predicted molar refractivity (Wildman–Crippen MR) is 161 cm³/mol. The molecule has 0 atom stereocenters. The second kappa shape index (κ2) is 14.8. The lowest BCUT2D eigenvalue weighted by Crippen LogP contribution is -2.30. The summed E-state index contributed by atoms with van der Waals surface area (Å²) < 4.78 is 24.6. The molecule has 44 heavy (non-hydrogen) atoms. The number of hydrogen-bond donors (Lipinski definition) is 3. The smallest absolute Gasteiger partial charge is 0.267 e. The minimum absolute atomic E-state index is 0.122. The number of rotatable bonds is 15. The Kier molecular flexibility index (Phi) is 10.1. The molecule has 228 valence electrons. The molecule has 0 saturated carbocycles. The normalized spacial score (nSPS) is 12.9. The van der Waals surface area contributed by atoms with E-state index >= 15 is 0 Å². The van der Waals surface area contributed by atoms with Crippen LogP contribution < -0.4 is 19.7 Å². The number of carbonyl (C=O) groups excluding carboxylic acids is 2. The SMILES string of the molecule is O=C(Nc1ccc(OCCCCCCCc2nn[nH]n2)cc1)C1=C(O)CN(c2ccc(OCc3ccc(F)cc3)cc2)C1=O. The van der Waals surface area contributed by atoms with Crippen molar-refractivity contribution in [2.75, 3.05) is 23.4 Å². The fraction of sp³-hybridized carbons (Fsp3) is 0.281. The fourth-order valence-electron chi connectivity index (χ4n) is 4.69. The topological polar surface area (TPSA) is 143 Å². The van der Waals surface area contributed by atoms with E-state index < -0.39 is 11.8 Å². The van der Waals surface area contributed by atoms with Crippen molar-refractivity contribution in [3.63, 3.8) is 0 Å². The van der Waals surface area contributed by atoms with Crippen LogP contribution in [-0.2, 0) is 22.6 Å². The van der Waals surface area contributed by atoms with Crippen molar-refractivity contribution in [2.24, 2.45) is 0 Å². The van der Waals surface area contributed by atoms with E-state index in [1.54, 1.807) is 60.7 Å². The first-order valence-corrected chi connectivity index (χ1v) is 14.4. The molecule has 1 aliphatic heterocycles. The molecule has 5 rings (SSSR count). The van der Waals surface area contributed by atoms with Gasteiger partial charge in [0.25, 0.3) is 11.8 Å². The van der Waals surface area contributed by atoms with Gasteiger partial charge in [0.15, 0.2) is 5.82 Å². The van der Waals surface area contributed by atoms with Crippen molar-refractivity contribution in [3.8, 4) is 11.5 Å². The van der Waals surface area contributed by atoms with Crippen molar-refractivity contribution in [2.45, 2.75) is 45.1 Å². The number of benzene rings is 3. The van der Waals surface area contributed by atoms with E-state index in [9.17, 15) is 19.1 Å². The van der Waals surface area contributed by atoms with Gasteiger partial charge in [-0.05, 0) is 79.1 Å². The minimum atomic E-state index is -0.692. The van der Waals surface area contributed by atoms with Gasteiger partial charge < -0.3 is 24.8 Å². The molecule has 0 saturated heterocycles. The van der Waals surface area contributed by atoms with Crippen LogP contribution in [0.4, 0.5) is 15.8 Å². The number of ether oxygens (including phenoxy) is 2. The Labute approximate surface area is 253 Å². The van der Waals surface area contributed by atoms with Crippen molar-refractivity contribution in [1.82, 2.24) is 20.6 Å². The second-order valence-corrected chi connectivity index (χ2v) is 10.3. The highest BCUT2D eigenvalue weighted by Gasteiger charge is 2.36. The fourth-order valence-corrected chi connectivity index (χ4v) is 4.69. The van der Waals surface area contributed by atoms with E-state index in [-0.39, 0.29) is 30.3 Å². The van der Waals surface area contributed by atoms with Crippen LogP contribution in [0.25, 0.3) is 0 Å². The van der Waals surface area contributed by atoms with Crippen LogP contribution in [0.2, 0.25) is 0 Å². The Balaban J connectivity index is 1.03. The highest BCUT2D eigenvalue weighted by Crippen LogP contribution is 2.28. The standard InChI is InChI=1S/C32H33FN6O5/c33-23-9-7-22(8-10-23)21-44-27-17-13-25(14-18-27)39-20-28(40)30(32(39)42)31(41)34-24-11-15-26(16-12-24)43-19-5-3-1-2-4-6-29-35-37-38-36-29/h7-18,40H,1-6,19-21H2,(H,34,41)(H,35,36,37,38). The number of nitrogens with one attached hydrogen (secondary N) is 2. The van der Waals surface area contributed by atoms with Gasteiger partial charge in [-0.25, -0.2) is 4.39 Å². The average Bonchev–Trinajstić information content (AvgIpc) is 3.66. The van der Waals surface area contributed by atoms with Crippen molar-refractivity contribution >= 4 is 23.2 Å². The first kappa shape index (κ1) is 30.2. The molecule has 0 fully saturated rings. The largest absolute Gasteiger partial charge is 0.509 e. The summed E-state index contributed by atoms with van der Waals surface area (Å²) in [5.74, 6) is 0.0590. The average molecular weight is 601 g/mol. The van der Waals surface area contributed by atoms with Gasteiger partial charge in [-0.2, -0.15) is 5.21 Å². The number of aryl methyl sites for hydroxylation is 1. The monoisotopic (exact) mass is 600 g/mol. The maximum Gasteiger partial charge on any atom is 0.267 e. The molecule has 0 unspecified atom stereocenters. The van der Waals surface area contributed by atoms with Gasteiger partial charge in [0.1, 0.15) is 35.3 Å². The van der Waals surface area contributed by atoms with Crippen molar-refractivity contribution in [3.05, 3.63) is 101 Å². The van der Waals surface area contributed by atoms with Gasteiger partial charge in [0.05, 0.1) is 13.2 Å². The molecule has 2 amide bonds. The van der Waals surface area contributed by atoms with E-state index in [4.69, 9.17) is 9.47 Å².